The zero-order valence-corrected chi connectivity index (χ0v) is 21.5. The summed E-state index contributed by atoms with van der Waals surface area (Å²) in [5.41, 5.74) is 7.60. The predicted molar refractivity (Wildman–Crippen MR) is 144 cm³/mol. The van der Waals surface area contributed by atoms with E-state index in [1.807, 2.05) is 37.3 Å². The van der Waals surface area contributed by atoms with Crippen LogP contribution < -0.4 is 10.1 Å². The molecule has 1 saturated carbocycles. The molecular weight excluding hydrogens is 464 g/mol. The van der Waals surface area contributed by atoms with Gasteiger partial charge in [-0.15, -0.1) is 0 Å². The summed E-state index contributed by atoms with van der Waals surface area (Å²) in [4.78, 5) is 23.9. The van der Waals surface area contributed by atoms with Gasteiger partial charge in [0.15, 0.2) is 6.61 Å². The van der Waals surface area contributed by atoms with Gasteiger partial charge in [0.05, 0.1) is 6.04 Å². The normalized spacial score (nSPS) is 13.9. The maximum atomic E-state index is 13.2. The van der Waals surface area contributed by atoms with Crippen LogP contribution in [0.2, 0.25) is 0 Å². The van der Waals surface area contributed by atoms with Gasteiger partial charge in [0.25, 0.3) is 5.91 Å². The number of nitrogens with one attached hydrogen (secondary N) is 1. The van der Waals surface area contributed by atoms with Gasteiger partial charge in [-0.3, -0.25) is 4.79 Å². The lowest BCUT2D eigenvalue weighted by Gasteiger charge is -2.16. The molecule has 1 heterocycles. The van der Waals surface area contributed by atoms with Gasteiger partial charge >= 0.3 is 5.97 Å². The third kappa shape index (κ3) is 5.38. The second-order valence-corrected chi connectivity index (χ2v) is 9.99. The lowest BCUT2D eigenvalue weighted by molar-refractivity contribution is -0.139. The van der Waals surface area contributed by atoms with Crippen LogP contribution in [0.15, 0.2) is 66.7 Å². The molecule has 5 rings (SSSR count). The number of hydrogen-bond acceptors (Lipinski definition) is 3. The molecule has 0 aliphatic heterocycles. The molecule has 0 spiro atoms. The van der Waals surface area contributed by atoms with Gasteiger partial charge in [0.2, 0.25) is 0 Å². The summed E-state index contributed by atoms with van der Waals surface area (Å²) in [5, 5.41) is 13.0. The molecule has 1 aromatic heterocycles. The predicted octanol–water partition coefficient (Wildman–Crippen LogP) is 6.14. The number of aryl methyl sites for hydroxylation is 1. The van der Waals surface area contributed by atoms with Crippen LogP contribution in [0.25, 0.3) is 10.9 Å². The number of hydrogen-bond donors (Lipinski definition) is 2. The van der Waals surface area contributed by atoms with Crippen LogP contribution in [0, 0.1) is 13.8 Å². The highest BCUT2D eigenvalue weighted by Gasteiger charge is 2.24. The molecule has 4 aromatic rings. The number of nitrogens with zero attached hydrogens (tertiary/aromatic N) is 1. The Morgan fingerprint density at radius 3 is 2.51 bits per heavy atom. The Bertz CT molecular complexity index is 1460. The summed E-state index contributed by atoms with van der Waals surface area (Å²) in [5.74, 6) is 0.136. The van der Waals surface area contributed by atoms with Gasteiger partial charge in [-0.2, -0.15) is 0 Å². The molecule has 6 heteroatoms. The zero-order chi connectivity index (χ0) is 26.1. The lowest BCUT2D eigenvalue weighted by Crippen LogP contribution is -2.26. The van der Waals surface area contributed by atoms with E-state index in [9.17, 15) is 9.59 Å². The quantitative estimate of drug-likeness (QED) is 0.292. The number of fused-ring (bicyclic) bond motifs is 1. The van der Waals surface area contributed by atoms with Crippen molar-refractivity contribution in [1.29, 1.82) is 0 Å². The molecule has 2 N–H and O–H groups in total. The molecule has 0 unspecified atom stereocenters. The molecule has 0 bridgehead atoms. The number of amides is 1. The van der Waals surface area contributed by atoms with Crippen LogP contribution in [0.5, 0.6) is 5.75 Å². The van der Waals surface area contributed by atoms with Crippen LogP contribution in [0.3, 0.4) is 0 Å². The summed E-state index contributed by atoms with van der Waals surface area (Å²) in [6.07, 6.45) is 2.52. The molecule has 1 aliphatic carbocycles. The van der Waals surface area contributed by atoms with E-state index in [4.69, 9.17) is 9.84 Å². The molecule has 1 aliphatic rings. The number of carboxylic acid groups (broad SMARTS) is 1. The fourth-order valence-corrected chi connectivity index (χ4v) is 4.88. The Kier molecular flexibility index (Phi) is 6.74. The molecular formula is C31H32N2O4. The summed E-state index contributed by atoms with van der Waals surface area (Å²) >= 11 is 0. The van der Waals surface area contributed by atoms with E-state index in [2.05, 4.69) is 48.0 Å². The van der Waals surface area contributed by atoms with Crippen molar-refractivity contribution in [2.45, 2.75) is 52.1 Å². The largest absolute Gasteiger partial charge is 0.482 e. The Morgan fingerprint density at radius 2 is 1.81 bits per heavy atom. The van der Waals surface area contributed by atoms with Crippen molar-refractivity contribution in [2.24, 2.45) is 0 Å². The SMILES string of the molecule is Cc1c(C)n(Cc2ccc(OCC(=O)O)cc2)c2ccc(C(=O)N[C@@H](C)c3cccc(C4CC4)c3)cc12. The highest BCUT2D eigenvalue weighted by Crippen LogP contribution is 2.40. The first-order chi connectivity index (χ1) is 17.8. The molecule has 1 amide bonds. The zero-order valence-electron chi connectivity index (χ0n) is 21.5. The molecule has 37 heavy (non-hydrogen) atoms. The van der Waals surface area contributed by atoms with Gasteiger partial charge in [-0.1, -0.05) is 36.4 Å². The minimum Gasteiger partial charge on any atom is -0.482 e. The fraction of sp³-hybridized carbons (Fsp3) is 0.290. The first kappa shape index (κ1) is 24.6. The molecule has 1 atom stereocenters. The fourth-order valence-electron chi connectivity index (χ4n) is 4.88. The van der Waals surface area contributed by atoms with Crippen LogP contribution in [-0.2, 0) is 11.3 Å². The first-order valence-electron chi connectivity index (χ1n) is 12.7. The molecule has 1 fully saturated rings. The van der Waals surface area contributed by atoms with Crippen molar-refractivity contribution >= 4 is 22.8 Å². The van der Waals surface area contributed by atoms with Crippen molar-refractivity contribution in [2.75, 3.05) is 6.61 Å². The van der Waals surface area contributed by atoms with E-state index in [-0.39, 0.29) is 18.6 Å². The number of aliphatic carboxylic acids is 1. The van der Waals surface area contributed by atoms with E-state index in [1.165, 1.54) is 18.4 Å². The Labute approximate surface area is 216 Å². The van der Waals surface area contributed by atoms with Crippen molar-refractivity contribution in [3.05, 3.63) is 100 Å². The van der Waals surface area contributed by atoms with Crippen molar-refractivity contribution in [3.8, 4) is 5.75 Å². The molecule has 6 nitrogen and oxygen atoms in total. The summed E-state index contributed by atoms with van der Waals surface area (Å²) in [6.45, 7) is 6.52. The van der Waals surface area contributed by atoms with Crippen molar-refractivity contribution < 1.29 is 19.4 Å². The lowest BCUT2D eigenvalue weighted by atomic mass is 10.0. The number of ether oxygens (including phenoxy) is 1. The number of carbonyl (C=O) groups is 2. The second-order valence-electron chi connectivity index (χ2n) is 9.99. The van der Waals surface area contributed by atoms with E-state index < -0.39 is 5.97 Å². The van der Waals surface area contributed by atoms with E-state index in [0.717, 1.165) is 33.3 Å². The molecule has 190 valence electrons. The molecule has 3 aromatic carbocycles. The number of rotatable bonds is 9. The minimum absolute atomic E-state index is 0.0724. The highest BCUT2D eigenvalue weighted by molar-refractivity contribution is 5.99. The average Bonchev–Trinajstić information content (AvgIpc) is 3.73. The molecule has 0 saturated heterocycles. The average molecular weight is 497 g/mol. The van der Waals surface area contributed by atoms with E-state index in [1.54, 1.807) is 12.1 Å². The minimum atomic E-state index is -1.00. The highest BCUT2D eigenvalue weighted by atomic mass is 16.5. The smallest absolute Gasteiger partial charge is 0.341 e. The maximum Gasteiger partial charge on any atom is 0.341 e. The van der Waals surface area contributed by atoms with Gasteiger partial charge in [0, 0.05) is 28.7 Å². The van der Waals surface area contributed by atoms with Gasteiger partial charge < -0.3 is 19.7 Å². The monoisotopic (exact) mass is 496 g/mol. The number of carboxylic acids is 1. The number of aromatic nitrogens is 1. The van der Waals surface area contributed by atoms with Crippen LogP contribution >= 0.6 is 0 Å². The standard InChI is InChI=1S/C31H32N2O4/c1-19-21(3)33(17-22-7-12-27(13-8-22)37-18-30(34)35)29-14-11-26(16-28(19)29)31(36)32-20(2)24-5-4-6-25(15-24)23-9-10-23/h4-8,11-16,20,23H,9-10,17-18H2,1-3H3,(H,32,36)(H,34,35)/t20-/m0/s1. The summed E-state index contributed by atoms with van der Waals surface area (Å²) in [7, 11) is 0. The Balaban J connectivity index is 1.33. The topological polar surface area (TPSA) is 80.6 Å². The van der Waals surface area contributed by atoms with Crippen molar-refractivity contribution in [3.63, 3.8) is 0 Å². The van der Waals surface area contributed by atoms with Crippen LogP contribution in [-0.4, -0.2) is 28.2 Å². The Hall–Kier alpha value is -4.06. The second kappa shape index (κ2) is 10.1. The van der Waals surface area contributed by atoms with Crippen molar-refractivity contribution in [1.82, 2.24) is 9.88 Å². The molecule has 0 radical (unpaired) electrons. The van der Waals surface area contributed by atoms with Gasteiger partial charge in [-0.05, 0) is 92.1 Å². The Morgan fingerprint density at radius 1 is 1.05 bits per heavy atom. The number of benzene rings is 3. The van der Waals surface area contributed by atoms with Gasteiger partial charge in [-0.25, -0.2) is 4.79 Å². The summed E-state index contributed by atoms with van der Waals surface area (Å²) in [6, 6.07) is 21.9. The van der Waals surface area contributed by atoms with Gasteiger partial charge in [0.1, 0.15) is 5.75 Å². The maximum absolute atomic E-state index is 13.2. The van der Waals surface area contributed by atoms with Crippen LogP contribution in [0.4, 0.5) is 0 Å². The van der Waals surface area contributed by atoms with Crippen LogP contribution in [0.1, 0.15) is 70.0 Å². The van der Waals surface area contributed by atoms with E-state index in [0.29, 0.717) is 23.8 Å². The first-order valence-corrected chi connectivity index (χ1v) is 12.7. The summed E-state index contributed by atoms with van der Waals surface area (Å²) < 4.78 is 7.48. The third-order valence-electron chi connectivity index (χ3n) is 7.33. The third-order valence-corrected chi connectivity index (χ3v) is 7.33. The number of carbonyl (C=O) groups excluding carboxylic acids is 1. The van der Waals surface area contributed by atoms with E-state index >= 15 is 0 Å².